The number of hydrogen-bond donors (Lipinski definition) is 3. The Hall–Kier alpha value is -0.0100. The van der Waals surface area contributed by atoms with Gasteiger partial charge in [0.2, 0.25) is 0 Å². The van der Waals surface area contributed by atoms with E-state index < -0.39 is 13.2 Å². The summed E-state index contributed by atoms with van der Waals surface area (Å²) in [6, 6.07) is 0. The van der Waals surface area contributed by atoms with Crippen molar-refractivity contribution in [2.45, 2.75) is 32.3 Å². The molecule has 0 aromatic heterocycles. The molecule has 0 radical (unpaired) electrons. The second kappa shape index (κ2) is 10.7. The van der Waals surface area contributed by atoms with Gasteiger partial charge in [0.15, 0.2) is 0 Å². The summed E-state index contributed by atoms with van der Waals surface area (Å²) in [4.78, 5) is 18.2. The van der Waals surface area contributed by atoms with E-state index in [1.165, 1.54) is 0 Å². The molecule has 0 aromatic rings. The molecule has 4 N–H and O–H groups in total. The van der Waals surface area contributed by atoms with Crippen molar-refractivity contribution < 1.29 is 28.6 Å². The van der Waals surface area contributed by atoms with Gasteiger partial charge in [0, 0.05) is 6.54 Å². The molecule has 0 saturated carbocycles. The van der Waals surface area contributed by atoms with Crippen LogP contribution in [0, 0.1) is 0 Å². The highest BCUT2D eigenvalue weighted by Crippen LogP contribution is 2.42. The van der Waals surface area contributed by atoms with Crippen molar-refractivity contribution in [3.8, 4) is 0 Å². The van der Waals surface area contributed by atoms with Gasteiger partial charge in [-0.2, -0.15) is 0 Å². The fraction of sp³-hybridized carbons (Fsp3) is 1.00. The zero-order chi connectivity index (χ0) is 15.5. The molecular weight excluding hydrogens is 285 g/mol. The predicted octanol–water partition coefficient (Wildman–Crippen LogP) is 0.731. The van der Waals surface area contributed by atoms with Crippen LogP contribution in [-0.2, 0) is 18.8 Å². The first-order valence-electron chi connectivity index (χ1n) is 6.93. The van der Waals surface area contributed by atoms with Crippen molar-refractivity contribution >= 4 is 7.60 Å². The second-order valence-corrected chi connectivity index (χ2v) is 6.22. The summed E-state index contributed by atoms with van der Waals surface area (Å²) >= 11 is 0. The van der Waals surface area contributed by atoms with E-state index in [0.717, 1.165) is 0 Å². The monoisotopic (exact) mass is 313 g/mol. The van der Waals surface area contributed by atoms with E-state index in [9.17, 15) is 4.57 Å². The standard InChI is InChI=1S/C12H28NO6P/c1-3-12(4-2,11-20(14,15)16)19-10-9-18-8-7-17-6-5-13/h3-11,13H2,1-2H3,(H2,14,15,16). The second-order valence-electron chi connectivity index (χ2n) is 4.57. The van der Waals surface area contributed by atoms with Gasteiger partial charge in [0.05, 0.1) is 44.8 Å². The van der Waals surface area contributed by atoms with Gasteiger partial charge in [-0.1, -0.05) is 13.8 Å². The number of rotatable bonds is 13. The Morgan fingerprint density at radius 3 is 1.95 bits per heavy atom. The largest absolute Gasteiger partial charge is 0.378 e. The molecule has 0 rings (SSSR count). The van der Waals surface area contributed by atoms with Crippen LogP contribution in [0.2, 0.25) is 0 Å². The maximum absolute atomic E-state index is 11.2. The van der Waals surface area contributed by atoms with Crippen LogP contribution in [0.15, 0.2) is 0 Å². The van der Waals surface area contributed by atoms with Crippen LogP contribution in [0.3, 0.4) is 0 Å². The van der Waals surface area contributed by atoms with E-state index in [-0.39, 0.29) is 6.16 Å². The molecule has 122 valence electrons. The first-order valence-corrected chi connectivity index (χ1v) is 8.73. The van der Waals surface area contributed by atoms with Crippen molar-refractivity contribution in [3.05, 3.63) is 0 Å². The molecular formula is C12H28NO6P. The molecule has 0 aliphatic rings. The Balaban J connectivity index is 3.90. The van der Waals surface area contributed by atoms with Crippen LogP contribution in [-0.4, -0.2) is 61.1 Å². The first-order chi connectivity index (χ1) is 9.39. The Morgan fingerprint density at radius 1 is 1.00 bits per heavy atom. The highest BCUT2D eigenvalue weighted by Gasteiger charge is 2.34. The zero-order valence-electron chi connectivity index (χ0n) is 12.4. The molecule has 0 atom stereocenters. The molecule has 7 nitrogen and oxygen atoms in total. The minimum absolute atomic E-state index is 0.257. The average Bonchev–Trinajstić information content (AvgIpc) is 2.39. The quantitative estimate of drug-likeness (QED) is 0.339. The third-order valence-corrected chi connectivity index (χ3v) is 4.04. The number of hydrogen-bond acceptors (Lipinski definition) is 5. The van der Waals surface area contributed by atoms with Gasteiger partial charge in [-0.3, -0.25) is 4.57 Å². The van der Waals surface area contributed by atoms with E-state index >= 15 is 0 Å². The van der Waals surface area contributed by atoms with E-state index in [2.05, 4.69) is 0 Å². The molecule has 20 heavy (non-hydrogen) atoms. The van der Waals surface area contributed by atoms with Crippen LogP contribution in [0.5, 0.6) is 0 Å². The minimum atomic E-state index is -4.09. The van der Waals surface area contributed by atoms with Crippen molar-refractivity contribution in [2.75, 3.05) is 45.7 Å². The lowest BCUT2D eigenvalue weighted by Crippen LogP contribution is -2.36. The van der Waals surface area contributed by atoms with Crippen LogP contribution in [0.1, 0.15) is 26.7 Å². The van der Waals surface area contributed by atoms with Crippen molar-refractivity contribution in [1.29, 1.82) is 0 Å². The molecule has 0 aliphatic heterocycles. The summed E-state index contributed by atoms with van der Waals surface area (Å²) in [6.07, 6.45) is 0.842. The molecule has 0 saturated heterocycles. The molecule has 0 aliphatic carbocycles. The molecule has 0 bridgehead atoms. The summed E-state index contributed by atoms with van der Waals surface area (Å²) in [6.45, 7) is 6.33. The topological polar surface area (TPSA) is 111 Å². The third-order valence-electron chi connectivity index (χ3n) is 3.05. The average molecular weight is 313 g/mol. The van der Waals surface area contributed by atoms with Gasteiger partial charge in [-0.05, 0) is 12.8 Å². The first kappa shape index (κ1) is 20.0. The molecule has 0 unspecified atom stereocenters. The third kappa shape index (κ3) is 9.83. The van der Waals surface area contributed by atoms with E-state index in [1.54, 1.807) is 0 Å². The normalized spacial score (nSPS) is 12.8. The number of nitrogens with two attached hydrogens (primary N) is 1. The highest BCUT2D eigenvalue weighted by molar-refractivity contribution is 7.51. The van der Waals surface area contributed by atoms with Gasteiger partial charge in [0.1, 0.15) is 0 Å². The maximum atomic E-state index is 11.2. The lowest BCUT2D eigenvalue weighted by Gasteiger charge is -2.32. The summed E-state index contributed by atoms with van der Waals surface area (Å²) < 4.78 is 27.3. The Labute approximate surface area is 120 Å². The SMILES string of the molecule is CCC(CC)(CP(=O)(O)O)OCCOCCOCCN. The van der Waals surface area contributed by atoms with Crippen LogP contribution in [0.25, 0.3) is 0 Å². The Bertz CT molecular complexity index is 279. The molecule has 0 heterocycles. The van der Waals surface area contributed by atoms with Crippen LogP contribution >= 0.6 is 7.60 Å². The van der Waals surface area contributed by atoms with Crippen molar-refractivity contribution in [1.82, 2.24) is 0 Å². The van der Waals surface area contributed by atoms with Crippen molar-refractivity contribution in [2.24, 2.45) is 5.73 Å². The molecule has 0 aromatic carbocycles. The summed E-state index contributed by atoms with van der Waals surface area (Å²) in [7, 11) is -4.09. The molecule has 0 amide bonds. The van der Waals surface area contributed by atoms with E-state index in [4.69, 9.17) is 29.7 Å². The van der Waals surface area contributed by atoms with Gasteiger partial charge in [0.25, 0.3) is 0 Å². The summed E-state index contributed by atoms with van der Waals surface area (Å²) in [5.74, 6) is 0. The lowest BCUT2D eigenvalue weighted by molar-refractivity contribution is -0.0651. The maximum Gasteiger partial charge on any atom is 0.328 e. The fourth-order valence-corrected chi connectivity index (χ4v) is 3.11. The van der Waals surface area contributed by atoms with Gasteiger partial charge >= 0.3 is 7.60 Å². The molecule has 0 spiro atoms. The fourth-order valence-electron chi connectivity index (χ4n) is 1.82. The molecule has 0 fully saturated rings. The van der Waals surface area contributed by atoms with E-state index in [1.807, 2.05) is 13.8 Å². The van der Waals surface area contributed by atoms with Gasteiger partial charge in [-0.25, -0.2) is 0 Å². The van der Waals surface area contributed by atoms with Gasteiger partial charge in [-0.15, -0.1) is 0 Å². The van der Waals surface area contributed by atoms with Crippen LogP contribution in [0.4, 0.5) is 0 Å². The lowest BCUT2D eigenvalue weighted by atomic mass is 10.00. The van der Waals surface area contributed by atoms with Crippen molar-refractivity contribution in [3.63, 3.8) is 0 Å². The summed E-state index contributed by atoms with van der Waals surface area (Å²) in [5, 5.41) is 0. The smallest absolute Gasteiger partial charge is 0.328 e. The Kier molecular flexibility index (Phi) is 10.7. The molecule has 8 heteroatoms. The zero-order valence-corrected chi connectivity index (χ0v) is 13.3. The Morgan fingerprint density at radius 2 is 1.50 bits per heavy atom. The highest BCUT2D eigenvalue weighted by atomic mass is 31.2. The van der Waals surface area contributed by atoms with Gasteiger partial charge < -0.3 is 29.7 Å². The predicted molar refractivity (Wildman–Crippen MR) is 76.9 cm³/mol. The summed E-state index contributed by atoms with van der Waals surface area (Å²) in [5.41, 5.74) is 4.49. The van der Waals surface area contributed by atoms with E-state index in [0.29, 0.717) is 52.4 Å². The number of ether oxygens (including phenoxy) is 3. The minimum Gasteiger partial charge on any atom is -0.378 e. The van der Waals surface area contributed by atoms with Crippen LogP contribution < -0.4 is 5.73 Å².